The summed E-state index contributed by atoms with van der Waals surface area (Å²) in [6.07, 6.45) is 3.30. The number of aryl methyl sites for hydroxylation is 3. The zero-order valence-electron chi connectivity index (χ0n) is 18.9. The van der Waals surface area contributed by atoms with Crippen molar-refractivity contribution in [1.29, 1.82) is 0 Å². The van der Waals surface area contributed by atoms with Crippen molar-refractivity contribution < 1.29 is 4.74 Å². The lowest BCUT2D eigenvalue weighted by Gasteiger charge is -2.09. The predicted octanol–water partition coefficient (Wildman–Crippen LogP) is 2.52. The molecule has 0 bridgehead atoms. The van der Waals surface area contributed by atoms with Crippen LogP contribution in [0.4, 0.5) is 5.95 Å². The fraction of sp³-hybridized carbons (Fsp3) is 0.250. The lowest BCUT2D eigenvalue weighted by molar-refractivity contribution is 0.415. The van der Waals surface area contributed by atoms with Crippen LogP contribution in [0.1, 0.15) is 17.5 Å². The van der Waals surface area contributed by atoms with Gasteiger partial charge in [-0.2, -0.15) is 10.1 Å². The Morgan fingerprint density at radius 2 is 1.76 bits per heavy atom. The van der Waals surface area contributed by atoms with E-state index in [1.807, 2.05) is 42.5 Å². The van der Waals surface area contributed by atoms with E-state index in [1.54, 1.807) is 24.9 Å². The van der Waals surface area contributed by atoms with E-state index in [0.717, 1.165) is 28.7 Å². The summed E-state index contributed by atoms with van der Waals surface area (Å²) in [7, 11) is 4.70. The number of benzene rings is 2. The lowest BCUT2D eigenvalue weighted by Crippen LogP contribution is -2.37. The molecule has 0 aliphatic rings. The van der Waals surface area contributed by atoms with Gasteiger partial charge in [-0.25, -0.2) is 10.2 Å². The molecule has 2 aromatic carbocycles. The van der Waals surface area contributed by atoms with E-state index >= 15 is 0 Å². The molecule has 170 valence electrons. The van der Waals surface area contributed by atoms with Crippen LogP contribution in [0, 0.1) is 0 Å². The Balaban J connectivity index is 1.66. The summed E-state index contributed by atoms with van der Waals surface area (Å²) >= 11 is 0. The van der Waals surface area contributed by atoms with Gasteiger partial charge in [0.15, 0.2) is 11.2 Å². The highest BCUT2D eigenvalue weighted by molar-refractivity contribution is 5.80. The third kappa shape index (κ3) is 4.57. The van der Waals surface area contributed by atoms with Gasteiger partial charge in [0.25, 0.3) is 5.56 Å². The second kappa shape index (κ2) is 9.56. The molecule has 0 aliphatic carbocycles. The first-order valence-corrected chi connectivity index (χ1v) is 10.6. The van der Waals surface area contributed by atoms with E-state index in [9.17, 15) is 9.59 Å². The quantitative estimate of drug-likeness (QED) is 0.332. The molecule has 4 rings (SSSR count). The molecule has 0 saturated carbocycles. The van der Waals surface area contributed by atoms with Crippen molar-refractivity contribution in [2.45, 2.75) is 19.4 Å². The van der Waals surface area contributed by atoms with Crippen LogP contribution in [0.2, 0.25) is 0 Å². The molecule has 1 N–H and O–H groups in total. The van der Waals surface area contributed by atoms with Gasteiger partial charge in [-0.3, -0.25) is 13.9 Å². The largest absolute Gasteiger partial charge is 0.497 e. The van der Waals surface area contributed by atoms with Crippen LogP contribution in [-0.4, -0.2) is 32.0 Å². The van der Waals surface area contributed by atoms with Crippen molar-refractivity contribution in [3.63, 3.8) is 0 Å². The molecular formula is C24H26N6O3. The van der Waals surface area contributed by atoms with Crippen molar-refractivity contribution >= 4 is 23.3 Å². The van der Waals surface area contributed by atoms with Gasteiger partial charge in [0.2, 0.25) is 5.95 Å². The Kier molecular flexibility index (Phi) is 6.39. The maximum Gasteiger partial charge on any atom is 0.332 e. The number of nitrogens with zero attached hydrogens (tertiary/aromatic N) is 5. The topological polar surface area (TPSA) is 95.4 Å². The van der Waals surface area contributed by atoms with Gasteiger partial charge in [-0.1, -0.05) is 30.3 Å². The molecule has 0 spiro atoms. The number of ether oxygens (including phenoxy) is 1. The standard InChI is InChI=1S/C24H26N6O3/c1-28-21-20(22(31)29(2)24(28)32)30(15-7-10-17-8-5-4-6-9-17)23(26-21)27-25-16-18-11-13-19(33-3)14-12-18/h4-6,8-9,11-14,16H,7,10,15H2,1-3H3,(H,26,27)/b25-16+. The smallest absolute Gasteiger partial charge is 0.332 e. The second-order valence-electron chi connectivity index (χ2n) is 7.70. The summed E-state index contributed by atoms with van der Waals surface area (Å²) in [5, 5.41) is 4.30. The first-order valence-electron chi connectivity index (χ1n) is 10.6. The average molecular weight is 447 g/mol. The minimum absolute atomic E-state index is 0.324. The predicted molar refractivity (Wildman–Crippen MR) is 129 cm³/mol. The van der Waals surface area contributed by atoms with Crippen molar-refractivity contribution in [3.8, 4) is 5.75 Å². The number of anilines is 1. The van der Waals surface area contributed by atoms with E-state index < -0.39 is 5.69 Å². The minimum atomic E-state index is -0.422. The number of hydrogen-bond donors (Lipinski definition) is 1. The van der Waals surface area contributed by atoms with Gasteiger partial charge in [-0.15, -0.1) is 0 Å². The number of aromatic nitrogens is 4. The van der Waals surface area contributed by atoms with E-state index in [2.05, 4.69) is 27.6 Å². The second-order valence-corrected chi connectivity index (χ2v) is 7.70. The zero-order chi connectivity index (χ0) is 23.4. The molecule has 2 heterocycles. The summed E-state index contributed by atoms with van der Waals surface area (Å²) in [5.41, 5.74) is 4.93. The Labute approximate surface area is 190 Å². The maximum atomic E-state index is 12.9. The molecule has 2 aromatic heterocycles. The Morgan fingerprint density at radius 1 is 1.03 bits per heavy atom. The minimum Gasteiger partial charge on any atom is -0.497 e. The molecule has 0 radical (unpaired) electrons. The lowest BCUT2D eigenvalue weighted by atomic mass is 10.1. The van der Waals surface area contributed by atoms with Crippen molar-refractivity contribution in [2.24, 2.45) is 19.2 Å². The zero-order valence-corrected chi connectivity index (χ0v) is 18.9. The number of hydrogen-bond acceptors (Lipinski definition) is 6. The van der Waals surface area contributed by atoms with Gasteiger partial charge in [-0.05, 0) is 48.2 Å². The molecule has 0 amide bonds. The van der Waals surface area contributed by atoms with Crippen LogP contribution in [0.5, 0.6) is 5.75 Å². The van der Waals surface area contributed by atoms with E-state index in [0.29, 0.717) is 23.7 Å². The number of fused-ring (bicyclic) bond motifs is 1. The molecular weight excluding hydrogens is 420 g/mol. The van der Waals surface area contributed by atoms with Crippen molar-refractivity contribution in [3.05, 3.63) is 86.6 Å². The molecule has 0 fully saturated rings. The molecule has 4 aromatic rings. The van der Waals surface area contributed by atoms with Gasteiger partial charge in [0.05, 0.1) is 13.3 Å². The molecule has 0 unspecified atom stereocenters. The first kappa shape index (κ1) is 22.1. The summed E-state index contributed by atoms with van der Waals surface area (Å²) in [4.78, 5) is 29.9. The maximum absolute atomic E-state index is 12.9. The van der Waals surface area contributed by atoms with Crippen LogP contribution in [-0.2, 0) is 27.1 Å². The van der Waals surface area contributed by atoms with E-state index in [1.165, 1.54) is 17.2 Å². The summed E-state index contributed by atoms with van der Waals surface area (Å²) < 4.78 is 9.44. The Morgan fingerprint density at radius 3 is 2.45 bits per heavy atom. The fourth-order valence-electron chi connectivity index (χ4n) is 3.69. The third-order valence-corrected chi connectivity index (χ3v) is 5.53. The number of nitrogens with one attached hydrogen (secondary N) is 1. The highest BCUT2D eigenvalue weighted by atomic mass is 16.5. The van der Waals surface area contributed by atoms with Crippen LogP contribution >= 0.6 is 0 Å². The summed E-state index contributed by atoms with van der Waals surface area (Å²) in [6, 6.07) is 17.6. The monoisotopic (exact) mass is 446 g/mol. The van der Waals surface area contributed by atoms with Gasteiger partial charge in [0, 0.05) is 20.6 Å². The SMILES string of the molecule is COc1ccc(/C=N/Nc2nc3c(c(=O)n(C)c(=O)n3C)n2CCCc2ccccc2)cc1. The van der Waals surface area contributed by atoms with Crippen molar-refractivity contribution in [2.75, 3.05) is 12.5 Å². The highest BCUT2D eigenvalue weighted by Gasteiger charge is 2.18. The first-order chi connectivity index (χ1) is 16.0. The Hall–Kier alpha value is -4.14. The van der Waals surface area contributed by atoms with E-state index in [4.69, 9.17) is 4.74 Å². The molecule has 33 heavy (non-hydrogen) atoms. The van der Waals surface area contributed by atoms with Crippen LogP contribution in [0.3, 0.4) is 0 Å². The number of methoxy groups -OCH3 is 1. The molecule has 9 nitrogen and oxygen atoms in total. The molecule has 0 saturated heterocycles. The van der Waals surface area contributed by atoms with E-state index in [-0.39, 0.29) is 5.56 Å². The van der Waals surface area contributed by atoms with Gasteiger partial charge in [0.1, 0.15) is 5.75 Å². The van der Waals surface area contributed by atoms with Crippen LogP contribution in [0.25, 0.3) is 11.2 Å². The average Bonchev–Trinajstić information content (AvgIpc) is 3.21. The summed E-state index contributed by atoms with van der Waals surface area (Å²) in [5.74, 6) is 1.17. The molecule has 0 atom stereocenters. The third-order valence-electron chi connectivity index (χ3n) is 5.53. The molecule has 9 heteroatoms. The normalized spacial score (nSPS) is 11.4. The Bertz CT molecular complexity index is 1400. The van der Waals surface area contributed by atoms with Crippen LogP contribution < -0.4 is 21.4 Å². The van der Waals surface area contributed by atoms with Crippen molar-refractivity contribution in [1.82, 2.24) is 18.7 Å². The van der Waals surface area contributed by atoms with Crippen LogP contribution in [0.15, 0.2) is 69.3 Å². The van der Waals surface area contributed by atoms with Gasteiger partial charge < -0.3 is 9.30 Å². The summed E-state index contributed by atoms with van der Waals surface area (Å²) in [6.45, 7) is 0.541. The fourth-order valence-corrected chi connectivity index (χ4v) is 3.69. The van der Waals surface area contributed by atoms with Gasteiger partial charge >= 0.3 is 5.69 Å². The number of imidazole rings is 1. The number of rotatable bonds is 8. The molecule has 0 aliphatic heterocycles. The highest BCUT2D eigenvalue weighted by Crippen LogP contribution is 2.17. The number of hydrazone groups is 1.